The fraction of sp³-hybridized carbons (Fsp3) is 0.320. The standard InChI is InChI=1S/C25H28N4O5/c1-32-21-7-4-19(5-8-21)16-29-14-12-20(13-15-29)25-26-24(34-28-25)17-33-22-9-2-18(3-10-22)6-11-23(30)27-31/h2-11,20,31H,12-17H2,1H3,(H,27,30)/b11-6+. The molecule has 0 unspecified atom stereocenters. The van der Waals surface area contributed by atoms with Crippen LogP contribution in [0.4, 0.5) is 0 Å². The zero-order valence-corrected chi connectivity index (χ0v) is 19.0. The van der Waals surface area contributed by atoms with Gasteiger partial charge in [0.25, 0.3) is 11.8 Å². The number of benzene rings is 2. The van der Waals surface area contributed by atoms with Crippen LogP contribution in [-0.4, -0.2) is 46.4 Å². The minimum atomic E-state index is -0.588. The number of aromatic nitrogens is 2. The summed E-state index contributed by atoms with van der Waals surface area (Å²) in [4.78, 5) is 18.0. The summed E-state index contributed by atoms with van der Waals surface area (Å²) in [6.07, 6.45) is 4.79. The van der Waals surface area contributed by atoms with Crippen molar-refractivity contribution < 1.29 is 24.0 Å². The molecular weight excluding hydrogens is 436 g/mol. The van der Waals surface area contributed by atoms with E-state index >= 15 is 0 Å². The smallest absolute Gasteiger partial charge is 0.267 e. The Balaban J connectivity index is 1.23. The van der Waals surface area contributed by atoms with E-state index in [-0.39, 0.29) is 12.5 Å². The summed E-state index contributed by atoms with van der Waals surface area (Å²) in [7, 11) is 1.68. The van der Waals surface area contributed by atoms with Crippen molar-refractivity contribution in [2.45, 2.75) is 31.9 Å². The second-order valence-corrected chi connectivity index (χ2v) is 8.11. The fourth-order valence-electron chi connectivity index (χ4n) is 3.86. The molecule has 1 aliphatic heterocycles. The Bertz CT molecular complexity index is 1090. The van der Waals surface area contributed by atoms with Gasteiger partial charge in [-0.15, -0.1) is 0 Å². The number of likely N-dealkylation sites (tertiary alicyclic amines) is 1. The zero-order chi connectivity index (χ0) is 23.8. The van der Waals surface area contributed by atoms with Crippen LogP contribution >= 0.6 is 0 Å². The third-order valence-electron chi connectivity index (χ3n) is 5.78. The van der Waals surface area contributed by atoms with Crippen LogP contribution in [-0.2, 0) is 17.9 Å². The minimum Gasteiger partial charge on any atom is -0.497 e. The van der Waals surface area contributed by atoms with Crippen molar-refractivity contribution in [3.63, 3.8) is 0 Å². The van der Waals surface area contributed by atoms with E-state index in [1.807, 2.05) is 12.1 Å². The highest BCUT2D eigenvalue weighted by Crippen LogP contribution is 2.27. The van der Waals surface area contributed by atoms with Gasteiger partial charge in [-0.05, 0) is 67.4 Å². The van der Waals surface area contributed by atoms with Crippen LogP contribution in [0.5, 0.6) is 11.5 Å². The first-order chi connectivity index (χ1) is 16.6. The number of hydrogen-bond donors (Lipinski definition) is 2. The van der Waals surface area contributed by atoms with Gasteiger partial charge in [-0.3, -0.25) is 14.9 Å². The minimum absolute atomic E-state index is 0.186. The quantitative estimate of drug-likeness (QED) is 0.281. The Morgan fingerprint density at radius 1 is 1.15 bits per heavy atom. The maximum atomic E-state index is 11.0. The number of piperidine rings is 1. The van der Waals surface area contributed by atoms with Crippen LogP contribution < -0.4 is 15.0 Å². The van der Waals surface area contributed by atoms with Crippen LogP contribution in [0.3, 0.4) is 0 Å². The summed E-state index contributed by atoms with van der Waals surface area (Å²) in [5.74, 6) is 2.40. The Hall–Kier alpha value is -3.69. The molecule has 0 aliphatic carbocycles. The molecule has 9 nitrogen and oxygen atoms in total. The predicted molar refractivity (Wildman–Crippen MR) is 124 cm³/mol. The van der Waals surface area contributed by atoms with Crippen molar-refractivity contribution in [3.8, 4) is 11.5 Å². The highest BCUT2D eigenvalue weighted by atomic mass is 16.5. The number of amides is 1. The fourth-order valence-corrected chi connectivity index (χ4v) is 3.86. The normalized spacial score (nSPS) is 14.9. The molecule has 2 N–H and O–H groups in total. The van der Waals surface area contributed by atoms with Crippen LogP contribution in [0.2, 0.25) is 0 Å². The summed E-state index contributed by atoms with van der Waals surface area (Å²) in [6.45, 7) is 3.08. The summed E-state index contributed by atoms with van der Waals surface area (Å²) < 4.78 is 16.4. The van der Waals surface area contributed by atoms with Gasteiger partial charge < -0.3 is 14.0 Å². The second-order valence-electron chi connectivity index (χ2n) is 8.11. The number of ether oxygens (including phenoxy) is 2. The van der Waals surface area contributed by atoms with Crippen LogP contribution in [0.25, 0.3) is 6.08 Å². The van der Waals surface area contributed by atoms with Crippen molar-refractivity contribution in [3.05, 3.63) is 77.4 Å². The SMILES string of the molecule is COc1ccc(CN2CCC(c3noc(COc4ccc(/C=C/C(=O)NO)cc4)n3)CC2)cc1. The van der Waals surface area contributed by atoms with E-state index in [9.17, 15) is 4.79 Å². The number of carbonyl (C=O) groups is 1. The van der Waals surface area contributed by atoms with E-state index in [0.29, 0.717) is 11.6 Å². The third-order valence-corrected chi connectivity index (χ3v) is 5.78. The Morgan fingerprint density at radius 2 is 1.85 bits per heavy atom. The molecule has 9 heteroatoms. The van der Waals surface area contributed by atoms with E-state index in [2.05, 4.69) is 27.2 Å². The lowest BCUT2D eigenvalue weighted by atomic mass is 9.96. The molecule has 3 aromatic rings. The van der Waals surface area contributed by atoms with E-state index < -0.39 is 5.91 Å². The molecule has 1 fully saturated rings. The summed E-state index contributed by atoms with van der Waals surface area (Å²) in [5.41, 5.74) is 3.62. The Labute approximate surface area is 197 Å². The average molecular weight is 465 g/mol. The van der Waals surface area contributed by atoms with E-state index in [1.165, 1.54) is 11.6 Å². The van der Waals surface area contributed by atoms with E-state index in [4.69, 9.17) is 19.2 Å². The zero-order valence-electron chi connectivity index (χ0n) is 19.0. The molecule has 0 bridgehead atoms. The summed E-state index contributed by atoms with van der Waals surface area (Å²) in [5, 5.41) is 12.7. The Morgan fingerprint density at radius 3 is 2.53 bits per heavy atom. The van der Waals surface area contributed by atoms with Gasteiger partial charge in [-0.1, -0.05) is 29.4 Å². The molecule has 4 rings (SSSR count). The molecule has 34 heavy (non-hydrogen) atoms. The molecular formula is C25H28N4O5. The van der Waals surface area contributed by atoms with Gasteiger partial charge in [0.2, 0.25) is 0 Å². The number of hydrogen-bond acceptors (Lipinski definition) is 8. The average Bonchev–Trinajstić information content (AvgIpc) is 3.36. The van der Waals surface area contributed by atoms with Crippen molar-refractivity contribution >= 4 is 12.0 Å². The van der Waals surface area contributed by atoms with Crippen molar-refractivity contribution in [1.82, 2.24) is 20.5 Å². The van der Waals surface area contributed by atoms with E-state index in [0.717, 1.165) is 49.6 Å². The van der Waals surface area contributed by atoms with Crippen molar-refractivity contribution in [2.24, 2.45) is 0 Å². The van der Waals surface area contributed by atoms with Gasteiger partial charge in [-0.25, -0.2) is 5.48 Å². The highest BCUT2D eigenvalue weighted by molar-refractivity contribution is 5.90. The first-order valence-corrected chi connectivity index (χ1v) is 11.2. The molecule has 0 atom stereocenters. The maximum Gasteiger partial charge on any atom is 0.267 e. The number of rotatable bonds is 9. The van der Waals surface area contributed by atoms with Crippen LogP contribution in [0.15, 0.2) is 59.1 Å². The molecule has 0 saturated carbocycles. The lowest BCUT2D eigenvalue weighted by Gasteiger charge is -2.30. The molecule has 1 aliphatic rings. The largest absolute Gasteiger partial charge is 0.497 e. The van der Waals surface area contributed by atoms with Gasteiger partial charge in [0.15, 0.2) is 12.4 Å². The first-order valence-electron chi connectivity index (χ1n) is 11.2. The summed E-state index contributed by atoms with van der Waals surface area (Å²) in [6, 6.07) is 15.4. The number of carbonyl (C=O) groups excluding carboxylic acids is 1. The lowest BCUT2D eigenvalue weighted by Crippen LogP contribution is -2.32. The first kappa shape index (κ1) is 23.5. The van der Waals surface area contributed by atoms with Gasteiger partial charge in [-0.2, -0.15) is 4.98 Å². The van der Waals surface area contributed by atoms with Crippen molar-refractivity contribution in [2.75, 3.05) is 20.2 Å². The monoisotopic (exact) mass is 464 g/mol. The predicted octanol–water partition coefficient (Wildman–Crippen LogP) is 3.56. The number of hydroxylamine groups is 1. The van der Waals surface area contributed by atoms with Gasteiger partial charge in [0.05, 0.1) is 7.11 Å². The number of nitrogens with zero attached hydrogens (tertiary/aromatic N) is 3. The molecule has 178 valence electrons. The van der Waals surface area contributed by atoms with Gasteiger partial charge in [0, 0.05) is 18.5 Å². The Kier molecular flexibility index (Phi) is 7.90. The van der Waals surface area contributed by atoms with Gasteiger partial charge >= 0.3 is 0 Å². The summed E-state index contributed by atoms with van der Waals surface area (Å²) >= 11 is 0. The number of nitrogens with one attached hydrogen (secondary N) is 1. The molecule has 0 radical (unpaired) electrons. The third kappa shape index (κ3) is 6.43. The lowest BCUT2D eigenvalue weighted by molar-refractivity contribution is -0.124. The molecule has 1 saturated heterocycles. The van der Waals surface area contributed by atoms with Crippen LogP contribution in [0.1, 0.15) is 41.6 Å². The molecule has 1 amide bonds. The molecule has 0 spiro atoms. The van der Waals surface area contributed by atoms with Crippen molar-refractivity contribution in [1.29, 1.82) is 0 Å². The second kappa shape index (κ2) is 11.4. The van der Waals surface area contributed by atoms with Crippen LogP contribution in [0, 0.1) is 0 Å². The molecule has 1 aromatic heterocycles. The van der Waals surface area contributed by atoms with E-state index in [1.54, 1.807) is 42.9 Å². The molecule has 2 heterocycles. The topological polar surface area (TPSA) is 110 Å². The molecule has 2 aromatic carbocycles. The highest BCUT2D eigenvalue weighted by Gasteiger charge is 2.24. The maximum absolute atomic E-state index is 11.0. The number of methoxy groups -OCH3 is 1. The van der Waals surface area contributed by atoms with Gasteiger partial charge in [0.1, 0.15) is 11.5 Å².